The fraction of sp³-hybridized carbons (Fsp3) is 0.500. The Balaban J connectivity index is 2.60. The average Bonchev–Trinajstić information content (AvgIpc) is 2.27. The second-order valence-corrected chi connectivity index (χ2v) is 4.58. The first-order chi connectivity index (χ1) is 8.04. The van der Waals surface area contributed by atoms with Gasteiger partial charge in [0, 0.05) is 6.04 Å². The van der Waals surface area contributed by atoms with Gasteiger partial charge < -0.3 is 15.8 Å². The molecule has 1 aromatic rings. The van der Waals surface area contributed by atoms with Crippen molar-refractivity contribution in [3.05, 3.63) is 6.33 Å². The van der Waals surface area contributed by atoms with Crippen molar-refractivity contribution in [1.29, 1.82) is 0 Å². The summed E-state index contributed by atoms with van der Waals surface area (Å²) in [6.07, 6.45) is 1.36. The van der Waals surface area contributed by atoms with Crippen molar-refractivity contribution in [2.24, 2.45) is 0 Å². The number of carbonyl (C=O) groups excluding carboxylic acids is 1. The number of hydrogen-bond acceptors (Lipinski definition) is 6. The second-order valence-electron chi connectivity index (χ2n) is 3.61. The van der Waals surface area contributed by atoms with Crippen molar-refractivity contribution >= 4 is 23.4 Å². The fourth-order valence-electron chi connectivity index (χ4n) is 1.14. The van der Waals surface area contributed by atoms with E-state index in [1.54, 1.807) is 0 Å². The molecule has 0 aliphatic rings. The van der Waals surface area contributed by atoms with Gasteiger partial charge in [0.1, 0.15) is 17.0 Å². The number of anilines is 1. The number of ether oxygens (including phenoxy) is 1. The van der Waals surface area contributed by atoms with Crippen LogP contribution in [0.5, 0.6) is 5.88 Å². The van der Waals surface area contributed by atoms with E-state index in [0.717, 1.165) is 0 Å². The number of aromatic nitrogens is 2. The van der Waals surface area contributed by atoms with Crippen molar-refractivity contribution in [1.82, 2.24) is 15.3 Å². The highest BCUT2D eigenvalue weighted by molar-refractivity contribution is 8.00. The van der Waals surface area contributed by atoms with Crippen molar-refractivity contribution in [3.63, 3.8) is 0 Å². The number of methoxy groups -OCH3 is 1. The Labute approximate surface area is 104 Å². The summed E-state index contributed by atoms with van der Waals surface area (Å²) in [6.45, 7) is 3.81. The van der Waals surface area contributed by atoms with Crippen LogP contribution in [0.2, 0.25) is 0 Å². The Morgan fingerprint density at radius 2 is 2.29 bits per heavy atom. The first-order valence-electron chi connectivity index (χ1n) is 5.11. The number of hydrogen-bond donors (Lipinski definition) is 2. The van der Waals surface area contributed by atoms with Crippen molar-refractivity contribution in [2.45, 2.75) is 24.9 Å². The SMILES string of the molecule is COc1ncnc(SCC(=O)NC(C)C)c1N. The van der Waals surface area contributed by atoms with Gasteiger partial charge in [-0.05, 0) is 13.8 Å². The first-order valence-corrected chi connectivity index (χ1v) is 6.09. The number of nitrogen functional groups attached to an aromatic ring is 1. The number of rotatable bonds is 5. The average molecular weight is 256 g/mol. The molecule has 0 atom stereocenters. The number of nitrogens with two attached hydrogens (primary N) is 1. The van der Waals surface area contributed by atoms with E-state index in [-0.39, 0.29) is 17.7 Å². The molecule has 0 unspecified atom stereocenters. The summed E-state index contributed by atoms with van der Waals surface area (Å²) in [4.78, 5) is 19.3. The van der Waals surface area contributed by atoms with E-state index < -0.39 is 0 Å². The molecule has 0 fully saturated rings. The van der Waals surface area contributed by atoms with E-state index in [1.807, 2.05) is 13.8 Å². The highest BCUT2D eigenvalue weighted by atomic mass is 32.2. The zero-order valence-electron chi connectivity index (χ0n) is 10.1. The summed E-state index contributed by atoms with van der Waals surface area (Å²) in [6, 6.07) is 0.125. The van der Waals surface area contributed by atoms with Crippen LogP contribution in [0.3, 0.4) is 0 Å². The third kappa shape index (κ3) is 4.10. The highest BCUT2D eigenvalue weighted by Gasteiger charge is 2.11. The Kier molecular flexibility index (Phi) is 5.02. The van der Waals surface area contributed by atoms with Gasteiger partial charge in [-0.25, -0.2) is 4.98 Å². The van der Waals surface area contributed by atoms with Crippen LogP contribution in [-0.2, 0) is 4.79 Å². The fourth-order valence-corrected chi connectivity index (χ4v) is 1.86. The van der Waals surface area contributed by atoms with Crippen LogP contribution in [0.4, 0.5) is 5.69 Å². The molecule has 0 saturated carbocycles. The predicted molar refractivity (Wildman–Crippen MR) is 67.0 cm³/mol. The van der Waals surface area contributed by atoms with E-state index in [0.29, 0.717) is 16.6 Å². The van der Waals surface area contributed by atoms with Crippen LogP contribution in [0, 0.1) is 0 Å². The molecule has 3 N–H and O–H groups in total. The van der Waals surface area contributed by atoms with Gasteiger partial charge in [-0.3, -0.25) is 4.79 Å². The summed E-state index contributed by atoms with van der Waals surface area (Å²) in [5, 5.41) is 3.34. The molecule has 0 saturated heterocycles. The number of amides is 1. The summed E-state index contributed by atoms with van der Waals surface area (Å²) in [5.41, 5.74) is 6.14. The van der Waals surface area contributed by atoms with Crippen molar-refractivity contribution in [2.75, 3.05) is 18.6 Å². The molecule has 6 nitrogen and oxygen atoms in total. The Morgan fingerprint density at radius 3 is 2.88 bits per heavy atom. The third-order valence-corrected chi connectivity index (χ3v) is 2.80. The van der Waals surface area contributed by atoms with Gasteiger partial charge in [0.05, 0.1) is 12.9 Å². The minimum atomic E-state index is -0.0537. The Hall–Kier alpha value is -1.50. The van der Waals surface area contributed by atoms with E-state index >= 15 is 0 Å². The molecule has 0 aliphatic carbocycles. The molecule has 1 amide bonds. The lowest BCUT2D eigenvalue weighted by atomic mass is 10.4. The van der Waals surface area contributed by atoms with Crippen molar-refractivity contribution < 1.29 is 9.53 Å². The highest BCUT2D eigenvalue weighted by Crippen LogP contribution is 2.27. The van der Waals surface area contributed by atoms with Gasteiger partial charge in [-0.2, -0.15) is 4.98 Å². The Morgan fingerprint density at radius 1 is 1.59 bits per heavy atom. The maximum atomic E-state index is 11.4. The normalized spacial score (nSPS) is 10.4. The van der Waals surface area contributed by atoms with Crippen LogP contribution in [0.1, 0.15) is 13.8 Å². The molecule has 0 radical (unpaired) electrons. The molecule has 0 aromatic carbocycles. The summed E-state index contributed by atoms with van der Waals surface area (Å²) >= 11 is 1.26. The minimum Gasteiger partial charge on any atom is -0.479 e. The molecular formula is C10H16N4O2S. The van der Waals surface area contributed by atoms with E-state index in [4.69, 9.17) is 10.5 Å². The minimum absolute atomic E-state index is 0.0537. The Bertz CT molecular complexity index is 398. The zero-order valence-corrected chi connectivity index (χ0v) is 10.9. The predicted octanol–water partition coefficient (Wildman–Crippen LogP) is 0.684. The lowest BCUT2D eigenvalue weighted by Gasteiger charge is -2.09. The van der Waals surface area contributed by atoms with Gasteiger partial charge >= 0.3 is 0 Å². The molecular weight excluding hydrogens is 240 g/mol. The molecule has 1 rings (SSSR count). The van der Waals surface area contributed by atoms with Crippen molar-refractivity contribution in [3.8, 4) is 5.88 Å². The number of thioether (sulfide) groups is 1. The second kappa shape index (κ2) is 6.29. The van der Waals surface area contributed by atoms with Gasteiger partial charge in [0.25, 0.3) is 0 Å². The van der Waals surface area contributed by atoms with E-state index in [9.17, 15) is 4.79 Å². The molecule has 17 heavy (non-hydrogen) atoms. The van der Waals surface area contributed by atoms with Gasteiger partial charge in [0.2, 0.25) is 11.8 Å². The maximum absolute atomic E-state index is 11.4. The van der Waals surface area contributed by atoms with Gasteiger partial charge in [-0.1, -0.05) is 11.8 Å². The third-order valence-electron chi connectivity index (χ3n) is 1.79. The summed E-state index contributed by atoms with van der Waals surface area (Å²) in [7, 11) is 1.48. The quantitative estimate of drug-likeness (QED) is 0.595. The van der Waals surface area contributed by atoms with E-state index in [2.05, 4.69) is 15.3 Å². The number of carbonyl (C=O) groups is 1. The van der Waals surface area contributed by atoms with Gasteiger partial charge in [-0.15, -0.1) is 0 Å². The van der Waals surface area contributed by atoms with E-state index in [1.165, 1.54) is 25.2 Å². The molecule has 94 valence electrons. The largest absolute Gasteiger partial charge is 0.479 e. The zero-order chi connectivity index (χ0) is 12.8. The van der Waals surface area contributed by atoms with Crippen LogP contribution in [0.15, 0.2) is 11.4 Å². The monoisotopic (exact) mass is 256 g/mol. The molecule has 0 aliphatic heterocycles. The first kappa shape index (κ1) is 13.6. The molecule has 1 heterocycles. The van der Waals surface area contributed by atoms with Crippen LogP contribution < -0.4 is 15.8 Å². The molecule has 7 heteroatoms. The lowest BCUT2D eigenvalue weighted by molar-refractivity contribution is -0.119. The van der Waals surface area contributed by atoms with Gasteiger partial charge in [0.15, 0.2) is 0 Å². The summed E-state index contributed by atoms with van der Waals surface area (Å²) in [5.74, 6) is 0.538. The topological polar surface area (TPSA) is 90.1 Å². The van der Waals surface area contributed by atoms with Crippen LogP contribution in [0.25, 0.3) is 0 Å². The molecule has 1 aromatic heterocycles. The molecule has 0 bridgehead atoms. The maximum Gasteiger partial charge on any atom is 0.241 e. The molecule has 0 spiro atoms. The lowest BCUT2D eigenvalue weighted by Crippen LogP contribution is -2.31. The van der Waals surface area contributed by atoms with Crippen LogP contribution in [-0.4, -0.2) is 34.8 Å². The van der Waals surface area contributed by atoms with Crippen LogP contribution >= 0.6 is 11.8 Å². The smallest absolute Gasteiger partial charge is 0.241 e. The standard InChI is InChI=1S/C10H16N4O2S/c1-6(2)14-7(15)4-17-10-8(11)9(16-3)12-5-13-10/h5-6H,4,11H2,1-3H3,(H,14,15). The number of nitrogens with zero attached hydrogens (tertiary/aromatic N) is 2. The number of nitrogens with one attached hydrogen (secondary N) is 1. The summed E-state index contributed by atoms with van der Waals surface area (Å²) < 4.78 is 4.97.